The van der Waals surface area contributed by atoms with E-state index < -0.39 is 0 Å². The number of anilines is 1. The largest absolute Gasteiger partial charge is 0.389 e. The molecule has 1 aliphatic heterocycles. The summed E-state index contributed by atoms with van der Waals surface area (Å²) in [6.07, 6.45) is 1.15. The minimum absolute atomic E-state index is 0.441. The normalized spacial score (nSPS) is 19.6. The van der Waals surface area contributed by atoms with Crippen molar-refractivity contribution in [1.29, 1.82) is 0 Å². The van der Waals surface area contributed by atoms with Crippen molar-refractivity contribution < 1.29 is 4.74 Å². The maximum absolute atomic E-state index is 5.53. The highest BCUT2D eigenvalue weighted by Crippen LogP contribution is 2.15. The van der Waals surface area contributed by atoms with Gasteiger partial charge in [-0.1, -0.05) is 12.2 Å². The summed E-state index contributed by atoms with van der Waals surface area (Å²) in [4.78, 5) is 0.441. The SMILES string of the molecule is NC(=S)c1ccc(NCC2CCOC2)cc1. The lowest BCUT2D eigenvalue weighted by atomic mass is 10.1. The van der Waals surface area contributed by atoms with Gasteiger partial charge in [0.05, 0.1) is 6.61 Å². The van der Waals surface area contributed by atoms with E-state index in [1.807, 2.05) is 24.3 Å². The number of nitrogens with two attached hydrogens (primary N) is 1. The Hall–Kier alpha value is -1.13. The Morgan fingerprint density at radius 1 is 1.44 bits per heavy atom. The number of hydrogen-bond acceptors (Lipinski definition) is 3. The summed E-state index contributed by atoms with van der Waals surface area (Å²) in [6, 6.07) is 7.89. The molecule has 1 aliphatic rings. The minimum Gasteiger partial charge on any atom is -0.389 e. The van der Waals surface area contributed by atoms with Gasteiger partial charge in [-0.15, -0.1) is 0 Å². The fraction of sp³-hybridized carbons (Fsp3) is 0.417. The van der Waals surface area contributed by atoms with Crippen LogP contribution in [0.4, 0.5) is 5.69 Å². The van der Waals surface area contributed by atoms with Crippen molar-refractivity contribution in [3.05, 3.63) is 29.8 Å². The van der Waals surface area contributed by atoms with E-state index >= 15 is 0 Å². The van der Waals surface area contributed by atoms with E-state index in [0.29, 0.717) is 10.9 Å². The predicted octanol–water partition coefficient (Wildman–Crippen LogP) is 1.77. The molecule has 1 heterocycles. The highest BCUT2D eigenvalue weighted by molar-refractivity contribution is 7.80. The quantitative estimate of drug-likeness (QED) is 0.782. The van der Waals surface area contributed by atoms with E-state index in [-0.39, 0.29) is 0 Å². The fourth-order valence-electron chi connectivity index (χ4n) is 1.76. The van der Waals surface area contributed by atoms with Gasteiger partial charge < -0.3 is 15.8 Å². The summed E-state index contributed by atoms with van der Waals surface area (Å²) in [7, 11) is 0. The molecule has 0 radical (unpaired) electrons. The van der Waals surface area contributed by atoms with Crippen molar-refractivity contribution in [1.82, 2.24) is 0 Å². The molecule has 0 saturated carbocycles. The lowest BCUT2D eigenvalue weighted by Gasteiger charge is -2.10. The van der Waals surface area contributed by atoms with Crippen molar-refractivity contribution in [2.45, 2.75) is 6.42 Å². The van der Waals surface area contributed by atoms with Gasteiger partial charge in [0.2, 0.25) is 0 Å². The van der Waals surface area contributed by atoms with Crippen LogP contribution < -0.4 is 11.1 Å². The summed E-state index contributed by atoms with van der Waals surface area (Å²) in [5.74, 6) is 0.635. The van der Waals surface area contributed by atoms with Gasteiger partial charge >= 0.3 is 0 Å². The summed E-state index contributed by atoms with van der Waals surface area (Å²) >= 11 is 4.90. The molecule has 0 bridgehead atoms. The zero-order valence-corrected chi connectivity index (χ0v) is 9.93. The molecule has 4 heteroatoms. The molecule has 86 valence electrons. The zero-order chi connectivity index (χ0) is 11.4. The van der Waals surface area contributed by atoms with Gasteiger partial charge in [0.25, 0.3) is 0 Å². The molecule has 1 saturated heterocycles. The highest BCUT2D eigenvalue weighted by Gasteiger charge is 2.14. The molecule has 0 aromatic heterocycles. The first-order valence-corrected chi connectivity index (χ1v) is 5.88. The molecule has 0 amide bonds. The molecule has 3 N–H and O–H groups in total. The highest BCUT2D eigenvalue weighted by atomic mass is 32.1. The smallest absolute Gasteiger partial charge is 0.103 e. The van der Waals surface area contributed by atoms with E-state index in [2.05, 4.69) is 5.32 Å². The van der Waals surface area contributed by atoms with Gasteiger partial charge in [0.1, 0.15) is 4.99 Å². The van der Waals surface area contributed by atoms with Crippen LogP contribution in [0, 0.1) is 5.92 Å². The molecular formula is C12H16N2OS. The Bertz CT molecular complexity index is 358. The number of ether oxygens (including phenoxy) is 1. The van der Waals surface area contributed by atoms with Crippen LogP contribution >= 0.6 is 12.2 Å². The van der Waals surface area contributed by atoms with Gasteiger partial charge in [0, 0.05) is 30.3 Å². The Morgan fingerprint density at radius 2 is 2.19 bits per heavy atom. The van der Waals surface area contributed by atoms with Crippen LogP contribution in [0.1, 0.15) is 12.0 Å². The second-order valence-corrected chi connectivity index (χ2v) is 4.49. The van der Waals surface area contributed by atoms with Crippen LogP contribution in [0.2, 0.25) is 0 Å². The van der Waals surface area contributed by atoms with E-state index in [0.717, 1.165) is 37.4 Å². The Balaban J connectivity index is 1.87. The van der Waals surface area contributed by atoms with E-state index in [9.17, 15) is 0 Å². The maximum Gasteiger partial charge on any atom is 0.103 e. The van der Waals surface area contributed by atoms with Crippen LogP contribution in [0.3, 0.4) is 0 Å². The van der Waals surface area contributed by atoms with Crippen LogP contribution in [0.5, 0.6) is 0 Å². The molecule has 3 nitrogen and oxygen atoms in total. The van der Waals surface area contributed by atoms with Crippen LogP contribution in [0.15, 0.2) is 24.3 Å². The molecule has 0 spiro atoms. The third-order valence-corrected chi connectivity index (χ3v) is 3.02. The predicted molar refractivity (Wildman–Crippen MR) is 69.7 cm³/mol. The van der Waals surface area contributed by atoms with E-state index in [1.165, 1.54) is 0 Å². The van der Waals surface area contributed by atoms with E-state index in [1.54, 1.807) is 0 Å². The molecule has 16 heavy (non-hydrogen) atoms. The lowest BCUT2D eigenvalue weighted by molar-refractivity contribution is 0.187. The Morgan fingerprint density at radius 3 is 2.75 bits per heavy atom. The number of benzene rings is 1. The Labute approximate surface area is 101 Å². The van der Waals surface area contributed by atoms with Crippen LogP contribution in [0.25, 0.3) is 0 Å². The third-order valence-electron chi connectivity index (χ3n) is 2.79. The van der Waals surface area contributed by atoms with Crippen LogP contribution in [-0.2, 0) is 4.74 Å². The minimum atomic E-state index is 0.441. The number of rotatable bonds is 4. The van der Waals surface area contributed by atoms with Crippen molar-refractivity contribution >= 4 is 22.9 Å². The molecule has 0 aliphatic carbocycles. The molecular weight excluding hydrogens is 220 g/mol. The summed E-state index contributed by atoms with van der Waals surface area (Å²) in [5, 5.41) is 3.39. The second kappa shape index (κ2) is 5.27. The summed E-state index contributed by atoms with van der Waals surface area (Å²) in [6.45, 7) is 2.73. The summed E-state index contributed by atoms with van der Waals surface area (Å²) in [5.41, 5.74) is 7.54. The maximum atomic E-state index is 5.53. The average Bonchev–Trinajstić information content (AvgIpc) is 2.80. The zero-order valence-electron chi connectivity index (χ0n) is 9.11. The topological polar surface area (TPSA) is 47.3 Å². The van der Waals surface area contributed by atoms with Crippen molar-refractivity contribution in [3.8, 4) is 0 Å². The number of hydrogen-bond donors (Lipinski definition) is 2. The number of nitrogens with one attached hydrogen (secondary N) is 1. The van der Waals surface area contributed by atoms with Crippen molar-refractivity contribution in [3.63, 3.8) is 0 Å². The first-order chi connectivity index (χ1) is 7.75. The number of thiocarbonyl (C=S) groups is 1. The molecule has 1 aromatic rings. The summed E-state index contributed by atoms with van der Waals surface area (Å²) < 4.78 is 5.32. The van der Waals surface area contributed by atoms with Gasteiger partial charge in [-0.05, 0) is 30.7 Å². The first kappa shape index (κ1) is 11.4. The van der Waals surface area contributed by atoms with Gasteiger partial charge in [-0.25, -0.2) is 0 Å². The molecule has 1 unspecified atom stereocenters. The standard InChI is InChI=1S/C12H16N2OS/c13-12(16)10-1-3-11(4-2-10)14-7-9-5-6-15-8-9/h1-4,9,14H,5-8H2,(H2,13,16). The fourth-order valence-corrected chi connectivity index (χ4v) is 1.89. The van der Waals surface area contributed by atoms with Crippen molar-refractivity contribution in [2.24, 2.45) is 11.7 Å². The molecule has 1 aromatic carbocycles. The van der Waals surface area contributed by atoms with Gasteiger partial charge in [-0.3, -0.25) is 0 Å². The molecule has 1 fully saturated rings. The molecule has 2 rings (SSSR count). The van der Waals surface area contributed by atoms with Crippen molar-refractivity contribution in [2.75, 3.05) is 25.1 Å². The van der Waals surface area contributed by atoms with Gasteiger partial charge in [0.15, 0.2) is 0 Å². The van der Waals surface area contributed by atoms with Crippen LogP contribution in [-0.4, -0.2) is 24.7 Å². The van der Waals surface area contributed by atoms with E-state index in [4.69, 9.17) is 22.7 Å². The van der Waals surface area contributed by atoms with Gasteiger partial charge in [-0.2, -0.15) is 0 Å². The second-order valence-electron chi connectivity index (χ2n) is 4.05. The molecule has 1 atom stereocenters. The lowest BCUT2D eigenvalue weighted by Crippen LogP contribution is -2.14. The third kappa shape index (κ3) is 2.93. The first-order valence-electron chi connectivity index (χ1n) is 5.47. The monoisotopic (exact) mass is 236 g/mol. The Kier molecular flexibility index (Phi) is 3.74. The average molecular weight is 236 g/mol.